The molecule has 1 atom stereocenters. The van der Waals surface area contributed by atoms with E-state index >= 15 is 0 Å². The molecular formula is C11H17NO3S. The Labute approximate surface area is 96.6 Å². The van der Waals surface area contributed by atoms with E-state index in [0.29, 0.717) is 5.69 Å². The number of benzene rings is 1. The van der Waals surface area contributed by atoms with Crippen molar-refractivity contribution in [2.45, 2.75) is 12.8 Å². The zero-order valence-corrected chi connectivity index (χ0v) is 10.5. The van der Waals surface area contributed by atoms with Gasteiger partial charge < -0.3 is 5.11 Å². The fraction of sp³-hybridized carbons (Fsp3) is 0.455. The number of sulfonamides is 1. The molecule has 5 heteroatoms. The van der Waals surface area contributed by atoms with E-state index in [2.05, 4.69) is 0 Å². The van der Waals surface area contributed by atoms with Crippen molar-refractivity contribution in [2.24, 2.45) is 0 Å². The standard InChI is InChI=1S/C11H17NO3S/c1-9(8-13)10-4-6-11(7-5-10)12(2)16(3,14)15/h4-7,9,13H,8H2,1-3H3. The van der Waals surface area contributed by atoms with Gasteiger partial charge in [-0.3, -0.25) is 4.31 Å². The molecule has 1 unspecified atom stereocenters. The molecule has 4 nitrogen and oxygen atoms in total. The maximum Gasteiger partial charge on any atom is 0.231 e. The molecule has 0 saturated carbocycles. The van der Waals surface area contributed by atoms with E-state index < -0.39 is 10.0 Å². The monoisotopic (exact) mass is 243 g/mol. The Balaban J connectivity index is 2.96. The lowest BCUT2D eigenvalue weighted by Gasteiger charge is -2.17. The van der Waals surface area contributed by atoms with Crippen molar-refractivity contribution in [1.29, 1.82) is 0 Å². The molecule has 0 fully saturated rings. The number of aliphatic hydroxyl groups is 1. The Kier molecular flexibility index (Phi) is 3.93. The maximum absolute atomic E-state index is 11.3. The molecular weight excluding hydrogens is 226 g/mol. The molecule has 90 valence electrons. The van der Waals surface area contributed by atoms with Crippen molar-refractivity contribution in [2.75, 3.05) is 24.2 Å². The van der Waals surface area contributed by atoms with E-state index in [1.165, 1.54) is 11.4 Å². The van der Waals surface area contributed by atoms with Crippen LogP contribution in [0.1, 0.15) is 18.4 Å². The van der Waals surface area contributed by atoms with Gasteiger partial charge in [-0.1, -0.05) is 19.1 Å². The van der Waals surface area contributed by atoms with E-state index in [0.717, 1.165) is 11.8 Å². The Bertz CT molecular complexity index is 439. The molecule has 0 aliphatic carbocycles. The van der Waals surface area contributed by atoms with Crippen LogP contribution in [0.3, 0.4) is 0 Å². The normalized spacial score (nSPS) is 13.5. The van der Waals surface area contributed by atoms with Gasteiger partial charge in [-0.25, -0.2) is 8.42 Å². The van der Waals surface area contributed by atoms with Gasteiger partial charge in [0.15, 0.2) is 0 Å². The van der Waals surface area contributed by atoms with Crippen molar-refractivity contribution >= 4 is 15.7 Å². The second kappa shape index (κ2) is 4.84. The topological polar surface area (TPSA) is 57.6 Å². The van der Waals surface area contributed by atoms with Crippen LogP contribution in [0.4, 0.5) is 5.69 Å². The number of nitrogens with zero attached hydrogens (tertiary/aromatic N) is 1. The summed E-state index contributed by atoms with van der Waals surface area (Å²) in [6, 6.07) is 7.14. The van der Waals surface area contributed by atoms with Crippen LogP contribution in [-0.2, 0) is 10.0 Å². The minimum atomic E-state index is -3.21. The van der Waals surface area contributed by atoms with Gasteiger partial charge in [-0.05, 0) is 17.7 Å². The Hall–Kier alpha value is -1.07. The summed E-state index contributed by atoms with van der Waals surface area (Å²) in [7, 11) is -1.70. The molecule has 0 radical (unpaired) electrons. The number of hydrogen-bond acceptors (Lipinski definition) is 3. The van der Waals surface area contributed by atoms with Crippen LogP contribution in [0, 0.1) is 0 Å². The second-order valence-corrected chi connectivity index (χ2v) is 5.92. The van der Waals surface area contributed by atoms with Crippen LogP contribution in [0.5, 0.6) is 0 Å². The second-order valence-electron chi connectivity index (χ2n) is 3.91. The summed E-state index contributed by atoms with van der Waals surface area (Å²) in [5.74, 6) is 0.0672. The third-order valence-electron chi connectivity index (χ3n) is 2.60. The fourth-order valence-corrected chi connectivity index (χ4v) is 1.81. The minimum absolute atomic E-state index is 0.0672. The fourth-order valence-electron chi connectivity index (χ4n) is 1.31. The molecule has 0 aliphatic heterocycles. The van der Waals surface area contributed by atoms with Gasteiger partial charge in [-0.15, -0.1) is 0 Å². The van der Waals surface area contributed by atoms with Crippen LogP contribution < -0.4 is 4.31 Å². The predicted molar refractivity (Wildman–Crippen MR) is 65.2 cm³/mol. The highest BCUT2D eigenvalue weighted by atomic mass is 32.2. The lowest BCUT2D eigenvalue weighted by atomic mass is 10.0. The summed E-state index contributed by atoms with van der Waals surface area (Å²) in [6.45, 7) is 2.00. The number of anilines is 1. The summed E-state index contributed by atoms with van der Waals surface area (Å²) in [5, 5.41) is 8.99. The van der Waals surface area contributed by atoms with E-state index in [1.54, 1.807) is 12.1 Å². The van der Waals surface area contributed by atoms with Crippen molar-refractivity contribution in [3.63, 3.8) is 0 Å². The first-order valence-corrected chi connectivity index (χ1v) is 6.86. The Morgan fingerprint density at radius 3 is 2.19 bits per heavy atom. The van der Waals surface area contributed by atoms with Gasteiger partial charge in [0.2, 0.25) is 10.0 Å². The van der Waals surface area contributed by atoms with Crippen molar-refractivity contribution in [1.82, 2.24) is 0 Å². The molecule has 16 heavy (non-hydrogen) atoms. The largest absolute Gasteiger partial charge is 0.396 e. The van der Waals surface area contributed by atoms with Crippen LogP contribution in [0.25, 0.3) is 0 Å². The van der Waals surface area contributed by atoms with E-state index in [9.17, 15) is 8.42 Å². The highest BCUT2D eigenvalue weighted by Gasteiger charge is 2.12. The first kappa shape index (κ1) is 13.0. The molecule has 0 heterocycles. The lowest BCUT2D eigenvalue weighted by Crippen LogP contribution is -2.24. The van der Waals surface area contributed by atoms with Gasteiger partial charge in [-0.2, -0.15) is 0 Å². The summed E-state index contributed by atoms with van der Waals surface area (Å²) >= 11 is 0. The Morgan fingerprint density at radius 1 is 1.31 bits per heavy atom. The average molecular weight is 243 g/mol. The number of aliphatic hydroxyl groups excluding tert-OH is 1. The van der Waals surface area contributed by atoms with Crippen molar-refractivity contribution in [3.05, 3.63) is 29.8 Å². The zero-order valence-electron chi connectivity index (χ0n) is 9.71. The van der Waals surface area contributed by atoms with Gasteiger partial charge in [0, 0.05) is 19.6 Å². The molecule has 0 aliphatic rings. The summed E-state index contributed by atoms with van der Waals surface area (Å²) in [5.41, 5.74) is 1.62. The predicted octanol–water partition coefficient (Wildman–Crippen LogP) is 1.18. The highest BCUT2D eigenvalue weighted by Crippen LogP contribution is 2.20. The third-order valence-corrected chi connectivity index (χ3v) is 3.80. The van der Waals surface area contributed by atoms with E-state index in [4.69, 9.17) is 5.11 Å². The van der Waals surface area contributed by atoms with E-state index in [-0.39, 0.29) is 12.5 Å². The maximum atomic E-state index is 11.3. The molecule has 1 aromatic carbocycles. The molecule has 1 aromatic rings. The molecule has 0 saturated heterocycles. The van der Waals surface area contributed by atoms with Gasteiger partial charge >= 0.3 is 0 Å². The summed E-state index contributed by atoms with van der Waals surface area (Å²) in [6.07, 6.45) is 1.16. The zero-order chi connectivity index (χ0) is 12.3. The number of rotatable bonds is 4. The summed E-state index contributed by atoms with van der Waals surface area (Å²) < 4.78 is 23.8. The van der Waals surface area contributed by atoms with Gasteiger partial charge in [0.1, 0.15) is 0 Å². The molecule has 0 amide bonds. The molecule has 0 aromatic heterocycles. The van der Waals surface area contributed by atoms with Crippen molar-refractivity contribution < 1.29 is 13.5 Å². The van der Waals surface area contributed by atoms with Crippen LogP contribution in [0.2, 0.25) is 0 Å². The SMILES string of the molecule is CC(CO)c1ccc(N(C)S(C)(=O)=O)cc1. The number of hydrogen-bond donors (Lipinski definition) is 1. The highest BCUT2D eigenvalue weighted by molar-refractivity contribution is 7.92. The first-order chi connectivity index (χ1) is 7.36. The molecule has 0 bridgehead atoms. The van der Waals surface area contributed by atoms with E-state index in [1.807, 2.05) is 19.1 Å². The quantitative estimate of drug-likeness (QED) is 0.864. The van der Waals surface area contributed by atoms with Gasteiger partial charge in [0.05, 0.1) is 11.9 Å². The Morgan fingerprint density at radius 2 is 1.81 bits per heavy atom. The minimum Gasteiger partial charge on any atom is -0.396 e. The van der Waals surface area contributed by atoms with Crippen molar-refractivity contribution in [3.8, 4) is 0 Å². The van der Waals surface area contributed by atoms with Crippen LogP contribution >= 0.6 is 0 Å². The summed E-state index contributed by atoms with van der Waals surface area (Å²) in [4.78, 5) is 0. The third kappa shape index (κ3) is 2.96. The van der Waals surface area contributed by atoms with Gasteiger partial charge in [0.25, 0.3) is 0 Å². The van der Waals surface area contributed by atoms with Crippen LogP contribution in [0.15, 0.2) is 24.3 Å². The first-order valence-electron chi connectivity index (χ1n) is 5.01. The lowest BCUT2D eigenvalue weighted by molar-refractivity contribution is 0.273. The average Bonchev–Trinajstić information content (AvgIpc) is 2.26. The molecule has 0 spiro atoms. The van der Waals surface area contributed by atoms with Crippen LogP contribution in [-0.4, -0.2) is 33.4 Å². The smallest absolute Gasteiger partial charge is 0.231 e. The molecule has 1 rings (SSSR count). The molecule has 1 N–H and O–H groups in total.